The third-order valence-corrected chi connectivity index (χ3v) is 23.3. The van der Waals surface area contributed by atoms with E-state index >= 15 is 0 Å². The van der Waals surface area contributed by atoms with Gasteiger partial charge in [-0.2, -0.15) is 6.82 Å². The molecule has 8 heteroatoms. The van der Waals surface area contributed by atoms with Crippen molar-refractivity contribution in [3.8, 4) is 0 Å². The Bertz CT molecular complexity index is 1770. The van der Waals surface area contributed by atoms with E-state index in [4.69, 9.17) is 0 Å². The van der Waals surface area contributed by atoms with Crippen molar-refractivity contribution >= 4 is 43.4 Å². The molecule has 0 heterocycles. The quantitative estimate of drug-likeness (QED) is 0.0307. The van der Waals surface area contributed by atoms with Gasteiger partial charge in [0.15, 0.2) is 0 Å². The summed E-state index contributed by atoms with van der Waals surface area (Å²) in [6, 6.07) is 35.5. The van der Waals surface area contributed by atoms with Gasteiger partial charge in [0, 0.05) is 6.87 Å². The highest BCUT2D eigenvalue weighted by Crippen LogP contribution is 2.19. The van der Waals surface area contributed by atoms with E-state index in [1.807, 2.05) is 12.1 Å². The van der Waals surface area contributed by atoms with Crippen molar-refractivity contribution in [1.82, 2.24) is 0 Å². The molecule has 0 radical (unpaired) electrons. The number of nitrogens with zero attached hydrogens (tertiary/aromatic N) is 3. The lowest BCUT2D eigenvalue weighted by atomic mass is 9.73. The third-order valence-electron chi connectivity index (χ3n) is 18.1. The highest BCUT2D eigenvalue weighted by atomic mass is 28.3. The van der Waals surface area contributed by atoms with E-state index in [0.717, 1.165) is 0 Å². The van der Waals surface area contributed by atoms with Gasteiger partial charge in [-0.3, -0.25) is 0 Å². The summed E-state index contributed by atoms with van der Waals surface area (Å²) in [5.74, 6) is -0.239. The molecule has 470 valence electrons. The summed E-state index contributed by atoms with van der Waals surface area (Å²) in [7, 11) is -1.87. The van der Waals surface area contributed by atoms with Crippen LogP contribution in [0, 0.1) is 11.6 Å². The van der Waals surface area contributed by atoms with E-state index in [1.54, 1.807) is 18.2 Å². The summed E-state index contributed by atoms with van der Waals surface area (Å²) in [6.45, 7) is 49.1. The first kappa shape index (κ1) is 79.0. The Morgan fingerprint density at radius 3 is 0.720 bits per heavy atom. The van der Waals surface area contributed by atoms with Gasteiger partial charge in [0.25, 0.3) is 0 Å². The number of benzene rings is 4. The maximum absolute atomic E-state index is 13.6. The first-order valence-electron chi connectivity index (χ1n) is 35.6. The molecule has 82 heavy (non-hydrogen) atoms. The van der Waals surface area contributed by atoms with Crippen molar-refractivity contribution in [3.05, 3.63) is 121 Å². The Hall–Kier alpha value is -3.03. The highest BCUT2D eigenvalue weighted by Gasteiger charge is 2.28. The van der Waals surface area contributed by atoms with Gasteiger partial charge in [0.2, 0.25) is 0 Å². The monoisotopic (exact) mass is 1160 g/mol. The molecule has 0 aliphatic heterocycles. The highest BCUT2D eigenvalue weighted by molar-refractivity contribution is 7.40. The topological polar surface area (TPSA) is 0 Å². The maximum atomic E-state index is 13.6. The van der Waals surface area contributed by atoms with Crippen LogP contribution in [0.5, 0.6) is 0 Å². The lowest BCUT2D eigenvalue weighted by Crippen LogP contribution is -2.63. The molecule has 0 unspecified atom stereocenters. The molecular formula is C74H136B2F2N3Si+. The smallest absolute Gasteiger partial charge is 0.120 e. The van der Waals surface area contributed by atoms with Crippen molar-refractivity contribution in [1.29, 1.82) is 0 Å². The number of unbranched alkanes of at least 4 members (excludes halogenated alkanes) is 12. The maximum Gasteiger partial charge on any atom is 0.120 e. The minimum absolute atomic E-state index is 0.0631. The van der Waals surface area contributed by atoms with E-state index in [0.29, 0.717) is 0 Å². The number of rotatable bonds is 41. The van der Waals surface area contributed by atoms with Crippen molar-refractivity contribution in [2.24, 2.45) is 0 Å². The second-order valence-electron chi connectivity index (χ2n) is 25.7. The zero-order valence-electron chi connectivity index (χ0n) is 57.4. The molecule has 3 nitrogen and oxygen atoms in total. The summed E-state index contributed by atoms with van der Waals surface area (Å²) in [5, 5.41) is 2.87. The summed E-state index contributed by atoms with van der Waals surface area (Å²) in [6.07, 6.45) is 33.2. The molecule has 0 saturated heterocycles. The van der Waals surface area contributed by atoms with Crippen LogP contribution in [-0.4, -0.2) is 114 Å². The molecule has 0 bridgehead atoms. The fourth-order valence-corrected chi connectivity index (χ4v) is 16.8. The Morgan fingerprint density at radius 2 is 0.524 bits per heavy atom. The van der Waals surface area contributed by atoms with Crippen molar-refractivity contribution in [2.45, 2.75) is 251 Å². The van der Waals surface area contributed by atoms with Crippen LogP contribution in [-0.2, 0) is 0 Å². The Balaban J connectivity index is 0.00000102. The number of hydrogen-bond donors (Lipinski definition) is 0. The molecule has 4 aromatic carbocycles. The number of hydrogen-bond acceptors (Lipinski definition) is 0. The van der Waals surface area contributed by atoms with Gasteiger partial charge in [0.1, 0.15) is 11.6 Å². The van der Waals surface area contributed by atoms with Crippen LogP contribution < -0.4 is 21.3 Å². The van der Waals surface area contributed by atoms with Crippen molar-refractivity contribution in [2.75, 3.05) is 78.5 Å². The average molecular weight is 1160 g/mol. The fraction of sp³-hybridized carbons (Fsp3) is 0.676. The van der Waals surface area contributed by atoms with E-state index in [2.05, 4.69) is 163 Å². The van der Waals surface area contributed by atoms with Crippen molar-refractivity contribution in [3.63, 3.8) is 0 Å². The second kappa shape index (κ2) is 51.2. The van der Waals surface area contributed by atoms with E-state index < -0.39 is 14.8 Å². The minimum atomic E-state index is -1.81. The van der Waals surface area contributed by atoms with Crippen LogP contribution in [0.1, 0.15) is 237 Å². The van der Waals surface area contributed by atoms with Gasteiger partial charge < -0.3 is 13.4 Å². The van der Waals surface area contributed by atoms with Crippen LogP contribution in [0.4, 0.5) is 8.78 Å². The zero-order chi connectivity index (χ0) is 61.1. The van der Waals surface area contributed by atoms with E-state index in [1.165, 1.54) is 280 Å². The SMILES string of the molecule is CCCC[N+](CCCC)(CCCC)CCCC.CCCC[N+](CCCC)(CCCC)CCCC.CCCC[N+](CCCC)(CCCC)CCCC.C[BH2-]c1cccc(F)c1.C[Si]([BH2-]c1cccc(F)c1)(c1ccccc1)c1ccccc1. The Labute approximate surface area is 512 Å². The van der Waals surface area contributed by atoms with Crippen LogP contribution in [0.15, 0.2) is 109 Å². The summed E-state index contributed by atoms with van der Waals surface area (Å²) in [5.41, 5.74) is 2.37. The van der Waals surface area contributed by atoms with Crippen LogP contribution >= 0.6 is 0 Å². The summed E-state index contributed by atoms with van der Waals surface area (Å²) >= 11 is 0. The lowest BCUT2D eigenvalue weighted by molar-refractivity contribution is -0.929. The molecule has 4 rings (SSSR count). The largest absolute Gasteiger partial charge is 0.324 e. The Morgan fingerprint density at radius 1 is 0.305 bits per heavy atom. The van der Waals surface area contributed by atoms with Gasteiger partial charge in [-0.25, -0.2) is 19.7 Å². The van der Waals surface area contributed by atoms with E-state index in [-0.39, 0.29) is 18.9 Å². The third kappa shape index (κ3) is 35.4. The summed E-state index contributed by atoms with van der Waals surface area (Å²) < 4.78 is 30.2. The molecule has 0 spiro atoms. The van der Waals surface area contributed by atoms with Crippen molar-refractivity contribution < 1.29 is 22.2 Å². The predicted molar refractivity (Wildman–Crippen MR) is 377 cm³/mol. The molecule has 0 aliphatic carbocycles. The first-order chi connectivity index (χ1) is 39.7. The molecule has 0 atom stereocenters. The van der Waals surface area contributed by atoms with Gasteiger partial charge in [0.05, 0.1) is 78.5 Å². The summed E-state index contributed by atoms with van der Waals surface area (Å²) in [4.78, 5) is 0. The fourth-order valence-electron chi connectivity index (χ4n) is 12.4. The average Bonchev–Trinajstić information content (AvgIpc) is 3.70. The van der Waals surface area contributed by atoms with Gasteiger partial charge in [-0.1, -0.05) is 274 Å². The Kier molecular flexibility index (Phi) is 49.3. The molecular weight excluding hydrogens is 1020 g/mol. The molecule has 0 amide bonds. The normalized spacial score (nSPS) is 11.6. The van der Waals surface area contributed by atoms with Crippen LogP contribution in [0.25, 0.3) is 0 Å². The molecule has 0 aliphatic rings. The molecule has 0 fully saturated rings. The first-order valence-corrected chi connectivity index (χ1v) is 38.6. The molecule has 0 saturated carbocycles. The van der Waals surface area contributed by atoms with Gasteiger partial charge >= 0.3 is 0 Å². The molecule has 0 aromatic heterocycles. The van der Waals surface area contributed by atoms with Gasteiger partial charge in [-0.15, -0.1) is 0 Å². The van der Waals surface area contributed by atoms with Crippen LogP contribution in [0.2, 0.25) is 13.4 Å². The lowest BCUT2D eigenvalue weighted by Gasteiger charge is -2.39. The minimum Gasteiger partial charge on any atom is -0.324 e. The predicted octanol–water partition coefficient (Wildman–Crippen LogP) is 17.7. The second-order valence-corrected chi connectivity index (χ2v) is 30.6. The molecule has 4 aromatic rings. The standard InChI is InChI=1S/C19H19BFSi.3C16H36N.C7H9BF/c1-22(18-11-4-2-5-12-18,19-13-6-3-7-14-19)20-16-9-8-10-17(21)15-16;3*1-5-9-13-17(14-10-6-2,15-11-7-3)16-12-8-4;1-8-6-3-2-4-7(9)5-6/h2-15H,20H2,1H3;3*5-16H2,1-4H3;2-5H,8H2,1H3/q-1;3*+1;-1. The van der Waals surface area contributed by atoms with E-state index in [9.17, 15) is 8.78 Å². The number of quaternary nitrogens is 3. The number of halogens is 2. The van der Waals surface area contributed by atoms with Gasteiger partial charge in [-0.05, 0) is 104 Å². The zero-order valence-corrected chi connectivity index (χ0v) is 58.4. The molecule has 0 N–H and O–H groups in total. The van der Waals surface area contributed by atoms with Crippen LogP contribution in [0.3, 0.4) is 0 Å².